The van der Waals surface area contributed by atoms with E-state index in [1.54, 1.807) is 12.1 Å². The number of carbonyl (C=O) groups is 2. The number of aldehydes is 1. The lowest BCUT2D eigenvalue weighted by atomic mass is 10.1. The third-order valence-corrected chi connectivity index (χ3v) is 6.95. The number of amides is 1. The van der Waals surface area contributed by atoms with Gasteiger partial charge in [-0.25, -0.2) is 9.05 Å². The van der Waals surface area contributed by atoms with Crippen molar-refractivity contribution in [2.75, 3.05) is 39.7 Å². The van der Waals surface area contributed by atoms with Gasteiger partial charge in [0.25, 0.3) is 7.72 Å². The number of ether oxygens (including phenoxy) is 1. The van der Waals surface area contributed by atoms with Crippen LogP contribution in [-0.2, 0) is 20.3 Å². The topological polar surface area (TPSA) is 73.9 Å². The molecule has 0 aliphatic heterocycles. The Balaban J connectivity index is 1.43. The summed E-state index contributed by atoms with van der Waals surface area (Å²) in [5.41, 5.74) is 2.90. The van der Waals surface area contributed by atoms with Crippen molar-refractivity contribution < 1.29 is 23.4 Å². The van der Waals surface area contributed by atoms with E-state index in [4.69, 9.17) is 13.8 Å². The average Bonchev–Trinajstić information content (AvgIpc) is 2.77. The Hall–Kier alpha value is -2.01. The van der Waals surface area contributed by atoms with E-state index in [1.807, 2.05) is 19.1 Å². The summed E-state index contributed by atoms with van der Waals surface area (Å²) in [6.45, 7) is 8.67. The van der Waals surface area contributed by atoms with Crippen molar-refractivity contribution in [2.24, 2.45) is 0 Å². The highest BCUT2D eigenvalue weighted by atomic mass is 31.2. The first-order valence-electron chi connectivity index (χ1n) is 11.9. The van der Waals surface area contributed by atoms with Crippen molar-refractivity contribution in [3.8, 4) is 5.75 Å². The average molecular weight is 477 g/mol. The molecule has 1 N–H and O–H groups in total. The van der Waals surface area contributed by atoms with Gasteiger partial charge in [-0.3, -0.25) is 9.59 Å². The van der Waals surface area contributed by atoms with Crippen LogP contribution < -0.4 is 10.1 Å². The molecule has 0 atom stereocenters. The number of unbranched alkanes of at least 4 members (excludes halogenated alkanes) is 3. The minimum atomic E-state index is -1.75. The SMILES string of the molecule is CCc1cc(OCCCC(=O)NCCCCCCO[P+](C)(C)OCC2=CC=C2)ccc1C=O. The van der Waals surface area contributed by atoms with Crippen molar-refractivity contribution in [2.45, 2.75) is 51.9 Å². The first kappa shape index (κ1) is 27.2. The Morgan fingerprint density at radius 1 is 1.06 bits per heavy atom. The molecule has 1 amide bonds. The zero-order valence-electron chi connectivity index (χ0n) is 20.3. The second kappa shape index (κ2) is 15.0. The summed E-state index contributed by atoms with van der Waals surface area (Å²) < 4.78 is 17.6. The molecule has 0 unspecified atom stereocenters. The molecular formula is C26H39NO5P+. The smallest absolute Gasteiger partial charge is 0.269 e. The van der Waals surface area contributed by atoms with Crippen LogP contribution in [0.3, 0.4) is 0 Å². The molecule has 0 fully saturated rings. The predicted octanol–water partition coefficient (Wildman–Crippen LogP) is 5.53. The van der Waals surface area contributed by atoms with Crippen molar-refractivity contribution in [1.82, 2.24) is 5.32 Å². The molecule has 0 saturated heterocycles. The zero-order valence-corrected chi connectivity index (χ0v) is 21.2. The molecular weight excluding hydrogens is 437 g/mol. The maximum atomic E-state index is 12.0. The summed E-state index contributed by atoms with van der Waals surface area (Å²) in [5, 5.41) is 2.98. The first-order chi connectivity index (χ1) is 15.9. The third kappa shape index (κ3) is 11.1. The number of hydrogen-bond acceptors (Lipinski definition) is 5. The van der Waals surface area contributed by atoms with Gasteiger partial charge in [0.1, 0.15) is 32.0 Å². The van der Waals surface area contributed by atoms with E-state index in [-0.39, 0.29) is 5.91 Å². The number of aryl methyl sites for hydroxylation is 1. The molecule has 1 aliphatic carbocycles. The van der Waals surface area contributed by atoms with E-state index in [1.165, 1.54) is 5.57 Å². The lowest BCUT2D eigenvalue weighted by Crippen LogP contribution is -2.24. The Bertz CT molecular complexity index is 819. The quantitative estimate of drug-likeness (QED) is 0.171. The summed E-state index contributed by atoms with van der Waals surface area (Å²) in [5.74, 6) is 0.805. The minimum Gasteiger partial charge on any atom is -0.494 e. The van der Waals surface area contributed by atoms with Crippen LogP contribution in [0.4, 0.5) is 0 Å². The lowest BCUT2D eigenvalue weighted by molar-refractivity contribution is -0.121. The summed E-state index contributed by atoms with van der Waals surface area (Å²) in [4.78, 5) is 23.0. The van der Waals surface area contributed by atoms with Crippen LogP contribution in [0.15, 0.2) is 42.0 Å². The molecule has 1 aliphatic rings. The second-order valence-corrected chi connectivity index (χ2v) is 11.5. The highest BCUT2D eigenvalue weighted by Crippen LogP contribution is 2.54. The van der Waals surface area contributed by atoms with Gasteiger partial charge in [0, 0.05) is 18.5 Å². The molecule has 2 rings (SSSR count). The summed E-state index contributed by atoms with van der Waals surface area (Å²) in [6.07, 6.45) is 13.0. The van der Waals surface area contributed by atoms with Gasteiger partial charge in [0.05, 0.1) is 13.2 Å². The fraction of sp³-hybridized carbons (Fsp3) is 0.538. The van der Waals surface area contributed by atoms with Crippen molar-refractivity contribution >= 4 is 19.9 Å². The van der Waals surface area contributed by atoms with Gasteiger partial charge in [-0.15, -0.1) is 0 Å². The number of carbonyl (C=O) groups excluding carboxylic acids is 2. The Kier molecular flexibility index (Phi) is 12.4. The van der Waals surface area contributed by atoms with Gasteiger partial charge >= 0.3 is 0 Å². The van der Waals surface area contributed by atoms with Crippen molar-refractivity contribution in [3.05, 3.63) is 53.1 Å². The maximum absolute atomic E-state index is 12.0. The summed E-state index contributed by atoms with van der Waals surface area (Å²) in [7, 11) is -1.75. The highest BCUT2D eigenvalue weighted by Gasteiger charge is 2.29. The van der Waals surface area contributed by atoms with Crippen molar-refractivity contribution in [1.29, 1.82) is 0 Å². The van der Waals surface area contributed by atoms with Crippen LogP contribution in [0.5, 0.6) is 5.75 Å². The fourth-order valence-electron chi connectivity index (χ4n) is 3.29. The Morgan fingerprint density at radius 2 is 1.85 bits per heavy atom. The number of rotatable bonds is 18. The van der Waals surface area contributed by atoms with Gasteiger partial charge in [-0.05, 0) is 55.0 Å². The van der Waals surface area contributed by atoms with Gasteiger partial charge in [-0.2, -0.15) is 0 Å². The molecule has 1 aromatic rings. The van der Waals surface area contributed by atoms with E-state index in [9.17, 15) is 9.59 Å². The molecule has 0 heterocycles. The molecule has 6 nitrogen and oxygen atoms in total. The van der Waals surface area contributed by atoms with E-state index in [2.05, 4.69) is 30.8 Å². The molecule has 1 aromatic carbocycles. The molecule has 0 aromatic heterocycles. The summed E-state index contributed by atoms with van der Waals surface area (Å²) >= 11 is 0. The molecule has 182 valence electrons. The van der Waals surface area contributed by atoms with Crippen LogP contribution in [0, 0.1) is 0 Å². The van der Waals surface area contributed by atoms with Crippen LogP contribution in [-0.4, -0.2) is 51.9 Å². The Labute approximate surface area is 199 Å². The number of allylic oxidation sites excluding steroid dienone is 2. The monoisotopic (exact) mass is 476 g/mol. The predicted molar refractivity (Wildman–Crippen MR) is 135 cm³/mol. The van der Waals surface area contributed by atoms with Crippen LogP contribution >= 0.6 is 7.72 Å². The van der Waals surface area contributed by atoms with Gasteiger partial charge in [0.2, 0.25) is 5.91 Å². The van der Waals surface area contributed by atoms with Gasteiger partial charge in [0.15, 0.2) is 0 Å². The fourth-order valence-corrected chi connectivity index (χ4v) is 4.40. The van der Waals surface area contributed by atoms with Crippen LogP contribution in [0.1, 0.15) is 61.4 Å². The van der Waals surface area contributed by atoms with E-state index in [0.29, 0.717) is 38.2 Å². The maximum Gasteiger partial charge on any atom is 0.269 e. The minimum absolute atomic E-state index is 0.0626. The molecule has 0 bridgehead atoms. The molecule has 0 saturated carbocycles. The molecule has 7 heteroatoms. The van der Waals surface area contributed by atoms with Crippen molar-refractivity contribution in [3.63, 3.8) is 0 Å². The highest BCUT2D eigenvalue weighted by molar-refractivity contribution is 7.64. The Morgan fingerprint density at radius 3 is 2.55 bits per heavy atom. The molecule has 33 heavy (non-hydrogen) atoms. The molecule has 0 spiro atoms. The van der Waals surface area contributed by atoms with Gasteiger partial charge in [-0.1, -0.05) is 38.0 Å². The van der Waals surface area contributed by atoms with Crippen LogP contribution in [0.25, 0.3) is 0 Å². The number of hydrogen-bond donors (Lipinski definition) is 1. The third-order valence-electron chi connectivity index (χ3n) is 5.40. The molecule has 0 radical (unpaired) electrons. The first-order valence-corrected chi connectivity index (χ1v) is 14.4. The van der Waals surface area contributed by atoms with Crippen LogP contribution in [0.2, 0.25) is 0 Å². The number of nitrogens with one attached hydrogen (secondary N) is 1. The summed E-state index contributed by atoms with van der Waals surface area (Å²) in [6, 6.07) is 5.48. The normalized spacial score (nSPS) is 12.8. The second-order valence-electron chi connectivity index (χ2n) is 8.51. The zero-order chi connectivity index (χ0) is 23.9. The van der Waals surface area contributed by atoms with Gasteiger partial charge < -0.3 is 10.1 Å². The van der Waals surface area contributed by atoms with E-state index >= 15 is 0 Å². The standard InChI is InChI=1S/C26H38NO5P/c1-4-23-19-25(15-14-24(23)20-28)30-17-10-13-26(29)27-16-7-5-6-8-18-31-33(2,3)32-21-22-11-9-12-22/h9,11-12,14-15,19-20H,4-8,10,13,16-18,21H2,1-3H3/p+1. The van der Waals surface area contributed by atoms with E-state index < -0.39 is 7.72 Å². The van der Waals surface area contributed by atoms with E-state index in [0.717, 1.165) is 56.3 Å². The lowest BCUT2D eigenvalue weighted by Gasteiger charge is -2.17. The number of benzene rings is 1. The largest absolute Gasteiger partial charge is 0.494 e.